The smallest absolute Gasteiger partial charge is 0.255 e. The molecule has 3 rings (SSSR count). The number of amides is 2. The van der Waals surface area contributed by atoms with Crippen LogP contribution in [0, 0.1) is 6.92 Å². The van der Waals surface area contributed by atoms with E-state index in [1.807, 2.05) is 50.2 Å². The van der Waals surface area contributed by atoms with Gasteiger partial charge in [-0.1, -0.05) is 36.4 Å². The molecule has 0 saturated heterocycles. The summed E-state index contributed by atoms with van der Waals surface area (Å²) in [6.45, 7) is 4.28. The molecule has 3 aromatic rings. The first-order chi connectivity index (χ1) is 13.6. The summed E-state index contributed by atoms with van der Waals surface area (Å²) in [6.07, 6.45) is 0. The monoisotopic (exact) mass is 374 g/mol. The number of para-hydroxylation sites is 2. The number of nitrogens with one attached hydrogen (secondary N) is 2. The Balaban J connectivity index is 1.79. The second-order valence-electron chi connectivity index (χ2n) is 6.23. The second kappa shape index (κ2) is 8.86. The Labute approximate surface area is 164 Å². The number of ether oxygens (including phenoxy) is 1. The first-order valence-corrected chi connectivity index (χ1v) is 9.08. The molecule has 0 fully saturated rings. The minimum Gasteiger partial charge on any atom is -0.492 e. The maximum atomic E-state index is 12.7. The van der Waals surface area contributed by atoms with Crippen molar-refractivity contribution in [1.29, 1.82) is 0 Å². The maximum Gasteiger partial charge on any atom is 0.255 e. The van der Waals surface area contributed by atoms with Gasteiger partial charge in [-0.3, -0.25) is 9.59 Å². The van der Waals surface area contributed by atoms with Crippen LogP contribution >= 0.6 is 0 Å². The van der Waals surface area contributed by atoms with E-state index in [0.29, 0.717) is 34.9 Å². The molecule has 0 spiro atoms. The molecule has 2 amide bonds. The van der Waals surface area contributed by atoms with E-state index in [2.05, 4.69) is 10.6 Å². The van der Waals surface area contributed by atoms with Crippen molar-refractivity contribution < 1.29 is 14.3 Å². The fourth-order valence-corrected chi connectivity index (χ4v) is 2.73. The molecule has 5 heteroatoms. The predicted molar refractivity (Wildman–Crippen MR) is 111 cm³/mol. The molecule has 2 N–H and O–H groups in total. The normalized spacial score (nSPS) is 10.2. The quantitative estimate of drug-likeness (QED) is 0.645. The van der Waals surface area contributed by atoms with E-state index < -0.39 is 0 Å². The summed E-state index contributed by atoms with van der Waals surface area (Å²) >= 11 is 0. The van der Waals surface area contributed by atoms with Crippen LogP contribution in [0.4, 0.5) is 11.4 Å². The molecule has 0 aliphatic carbocycles. The van der Waals surface area contributed by atoms with Gasteiger partial charge in [0.1, 0.15) is 5.75 Å². The van der Waals surface area contributed by atoms with Crippen LogP contribution < -0.4 is 15.4 Å². The van der Waals surface area contributed by atoms with Gasteiger partial charge in [0.05, 0.1) is 12.3 Å². The number of anilines is 2. The topological polar surface area (TPSA) is 67.4 Å². The van der Waals surface area contributed by atoms with Crippen LogP contribution in [0.3, 0.4) is 0 Å². The van der Waals surface area contributed by atoms with Gasteiger partial charge in [-0.05, 0) is 55.8 Å². The van der Waals surface area contributed by atoms with Gasteiger partial charge in [-0.15, -0.1) is 0 Å². The molecule has 5 nitrogen and oxygen atoms in total. The Bertz CT molecular complexity index is 984. The minimum absolute atomic E-state index is 0.219. The third-order valence-electron chi connectivity index (χ3n) is 4.22. The van der Waals surface area contributed by atoms with Crippen LogP contribution in [0.1, 0.15) is 33.2 Å². The van der Waals surface area contributed by atoms with Crippen molar-refractivity contribution in [3.63, 3.8) is 0 Å². The van der Waals surface area contributed by atoms with Gasteiger partial charge in [0.2, 0.25) is 0 Å². The molecule has 0 heterocycles. The Hall–Kier alpha value is -3.60. The van der Waals surface area contributed by atoms with Crippen molar-refractivity contribution in [2.24, 2.45) is 0 Å². The van der Waals surface area contributed by atoms with Gasteiger partial charge >= 0.3 is 0 Å². The number of hydrogen-bond donors (Lipinski definition) is 2. The molecule has 0 saturated carbocycles. The van der Waals surface area contributed by atoms with E-state index in [1.165, 1.54) is 0 Å². The molecule has 142 valence electrons. The zero-order chi connectivity index (χ0) is 19.9. The molecule has 0 bridgehead atoms. The number of aryl methyl sites for hydroxylation is 1. The van der Waals surface area contributed by atoms with Gasteiger partial charge in [-0.25, -0.2) is 0 Å². The molecule has 0 radical (unpaired) electrons. The van der Waals surface area contributed by atoms with Crippen LogP contribution in [-0.4, -0.2) is 18.4 Å². The van der Waals surface area contributed by atoms with Gasteiger partial charge in [0, 0.05) is 16.8 Å². The predicted octanol–water partition coefficient (Wildman–Crippen LogP) is 4.90. The highest BCUT2D eigenvalue weighted by Crippen LogP contribution is 2.25. The van der Waals surface area contributed by atoms with E-state index in [4.69, 9.17) is 4.74 Å². The lowest BCUT2D eigenvalue weighted by Gasteiger charge is -2.13. The highest BCUT2D eigenvalue weighted by molar-refractivity contribution is 6.08. The van der Waals surface area contributed by atoms with Crippen molar-refractivity contribution >= 4 is 23.2 Å². The number of carbonyl (C=O) groups is 2. The van der Waals surface area contributed by atoms with Crippen LogP contribution in [0.2, 0.25) is 0 Å². The van der Waals surface area contributed by atoms with Crippen LogP contribution in [-0.2, 0) is 0 Å². The zero-order valence-electron chi connectivity index (χ0n) is 15.9. The molecule has 0 aliphatic heterocycles. The van der Waals surface area contributed by atoms with Gasteiger partial charge in [0.25, 0.3) is 11.8 Å². The van der Waals surface area contributed by atoms with Crippen molar-refractivity contribution in [3.05, 3.63) is 89.5 Å². The molecule has 0 aromatic heterocycles. The SMILES string of the molecule is CCOc1ccccc1NC(=O)c1ccc(C)c(NC(=O)c2ccccc2)c1. The molecule has 0 atom stereocenters. The Kier molecular flexibility index (Phi) is 6.07. The lowest BCUT2D eigenvalue weighted by molar-refractivity contribution is 0.101. The lowest BCUT2D eigenvalue weighted by atomic mass is 10.1. The maximum absolute atomic E-state index is 12.7. The van der Waals surface area contributed by atoms with E-state index in [-0.39, 0.29) is 11.8 Å². The van der Waals surface area contributed by atoms with Crippen molar-refractivity contribution in [2.75, 3.05) is 17.2 Å². The van der Waals surface area contributed by atoms with Crippen LogP contribution in [0.25, 0.3) is 0 Å². The summed E-state index contributed by atoms with van der Waals surface area (Å²) in [4.78, 5) is 25.1. The Morgan fingerprint density at radius 1 is 0.786 bits per heavy atom. The minimum atomic E-state index is -0.276. The standard InChI is InChI=1S/C23H22N2O3/c1-3-28-21-12-8-7-11-19(21)24-23(27)18-14-13-16(2)20(15-18)25-22(26)17-9-5-4-6-10-17/h4-15H,3H2,1-2H3,(H,24,27)(H,25,26). The van der Waals surface area contributed by atoms with E-state index in [1.54, 1.807) is 36.4 Å². The molecular weight excluding hydrogens is 352 g/mol. The van der Waals surface area contributed by atoms with E-state index >= 15 is 0 Å². The first kappa shape index (κ1) is 19.2. The number of carbonyl (C=O) groups excluding carboxylic acids is 2. The van der Waals surface area contributed by atoms with Gasteiger partial charge in [0.15, 0.2) is 0 Å². The third-order valence-corrected chi connectivity index (χ3v) is 4.22. The summed E-state index contributed by atoms with van der Waals surface area (Å²) < 4.78 is 5.55. The summed E-state index contributed by atoms with van der Waals surface area (Å²) in [5.74, 6) is 0.119. The lowest BCUT2D eigenvalue weighted by Crippen LogP contribution is -2.16. The van der Waals surface area contributed by atoms with Crippen LogP contribution in [0.15, 0.2) is 72.8 Å². The molecule has 28 heavy (non-hydrogen) atoms. The molecular formula is C23H22N2O3. The van der Waals surface area contributed by atoms with Crippen molar-refractivity contribution in [1.82, 2.24) is 0 Å². The van der Waals surface area contributed by atoms with E-state index in [9.17, 15) is 9.59 Å². The van der Waals surface area contributed by atoms with Gasteiger partial charge < -0.3 is 15.4 Å². The summed E-state index contributed by atoms with van der Waals surface area (Å²) in [5, 5.41) is 5.74. The Morgan fingerprint density at radius 3 is 2.18 bits per heavy atom. The van der Waals surface area contributed by atoms with E-state index in [0.717, 1.165) is 5.56 Å². The second-order valence-corrected chi connectivity index (χ2v) is 6.23. The van der Waals surface area contributed by atoms with Crippen LogP contribution in [0.5, 0.6) is 5.75 Å². The summed E-state index contributed by atoms with van der Waals surface area (Å²) in [6, 6.07) is 21.4. The highest BCUT2D eigenvalue weighted by atomic mass is 16.5. The number of hydrogen-bond acceptors (Lipinski definition) is 3. The van der Waals surface area contributed by atoms with Gasteiger partial charge in [-0.2, -0.15) is 0 Å². The highest BCUT2D eigenvalue weighted by Gasteiger charge is 2.13. The fraction of sp³-hybridized carbons (Fsp3) is 0.130. The largest absolute Gasteiger partial charge is 0.492 e. The van der Waals surface area contributed by atoms with Crippen molar-refractivity contribution in [2.45, 2.75) is 13.8 Å². The fourth-order valence-electron chi connectivity index (χ4n) is 2.73. The molecule has 0 unspecified atom stereocenters. The summed E-state index contributed by atoms with van der Waals surface area (Å²) in [5.41, 5.74) is 3.07. The Morgan fingerprint density at radius 2 is 1.43 bits per heavy atom. The third kappa shape index (κ3) is 4.57. The van der Waals surface area contributed by atoms with Crippen molar-refractivity contribution in [3.8, 4) is 5.75 Å². The zero-order valence-corrected chi connectivity index (χ0v) is 15.9. The first-order valence-electron chi connectivity index (χ1n) is 9.08. The average molecular weight is 374 g/mol. The average Bonchev–Trinajstić information content (AvgIpc) is 2.72. The number of rotatable bonds is 6. The summed E-state index contributed by atoms with van der Waals surface area (Å²) in [7, 11) is 0. The molecule has 3 aromatic carbocycles. The number of benzene rings is 3. The molecule has 0 aliphatic rings.